The van der Waals surface area contributed by atoms with E-state index in [-0.39, 0.29) is 111 Å². The smallest absolute Gasteiger partial charge is 1.00 e. The van der Waals surface area contributed by atoms with Crippen LogP contribution in [-0.2, 0) is 20.7 Å². The van der Waals surface area contributed by atoms with Crippen LogP contribution in [0.1, 0.15) is 166 Å². The third-order valence-electron chi connectivity index (χ3n) is 10.2. The molecule has 0 aliphatic heterocycles. The first-order chi connectivity index (χ1) is 31.0. The molecule has 0 fully saturated rings. The molecule has 0 bridgehead atoms. The van der Waals surface area contributed by atoms with Crippen molar-refractivity contribution in [1.82, 2.24) is 9.97 Å². The SMILES string of the molecule is C.C=COC1CCC=C1CC(C)C.CC(C)CC1=CCCC1Cc1c[nH]c(=S)[nH]1.CC(C)CC1=CCCC1O.O=C1C=CCC1.O=C1CCC=C1Br.OC1CCC=C1Br.[B].[Br-].[CH2-]C(C)C.[Cl][Ce]([Cl])[Cl].[H-].[Mg+2].[Na+]. The summed E-state index contributed by atoms with van der Waals surface area (Å²) in [5, 5.41) is 18.3. The summed E-state index contributed by atoms with van der Waals surface area (Å²) in [7, 11) is 0. The molecule has 6 aliphatic carbocycles. The van der Waals surface area contributed by atoms with E-state index in [1.54, 1.807) is 17.9 Å². The first kappa shape index (κ1) is 84.5. The molecular formula is C53H86BBr3CeCl3MgN2NaO5S. The minimum atomic E-state index is -2.24. The van der Waals surface area contributed by atoms with Crippen LogP contribution in [0.5, 0.6) is 0 Å². The molecule has 7 nitrogen and oxygen atoms in total. The van der Waals surface area contributed by atoms with Crippen molar-refractivity contribution >= 4 is 104 Å². The van der Waals surface area contributed by atoms with Crippen molar-refractivity contribution in [3.8, 4) is 0 Å². The van der Waals surface area contributed by atoms with Gasteiger partial charge in [0.2, 0.25) is 0 Å². The molecule has 0 aromatic carbocycles. The molecule has 0 amide bonds. The van der Waals surface area contributed by atoms with Crippen molar-refractivity contribution in [1.29, 1.82) is 0 Å². The van der Waals surface area contributed by atoms with E-state index in [9.17, 15) is 14.7 Å². The number of aromatic amines is 2. The summed E-state index contributed by atoms with van der Waals surface area (Å²) in [5.41, 5.74) is 20.7. The summed E-state index contributed by atoms with van der Waals surface area (Å²) in [4.78, 5) is 26.9. The van der Waals surface area contributed by atoms with Crippen LogP contribution >= 0.6 is 61.0 Å². The number of hydrogen-bond donors (Lipinski definition) is 4. The number of imidazole rings is 1. The molecule has 4 unspecified atom stereocenters. The molecule has 18 heteroatoms. The molecule has 4 N–H and O–H groups in total. The number of hydrogen-bond acceptors (Lipinski definition) is 6. The summed E-state index contributed by atoms with van der Waals surface area (Å²) in [5.74, 6) is 3.99. The fourth-order valence-electron chi connectivity index (χ4n) is 7.40. The summed E-state index contributed by atoms with van der Waals surface area (Å²) in [6, 6.07) is 0. The van der Waals surface area contributed by atoms with Gasteiger partial charge >= 0.3 is 100 Å². The van der Waals surface area contributed by atoms with E-state index in [2.05, 4.69) is 129 Å². The molecule has 0 saturated heterocycles. The Hall–Kier alpha value is 2.19. The molecule has 1 aromatic heterocycles. The maximum atomic E-state index is 10.5. The maximum absolute atomic E-state index is 10.5. The molecule has 6 aliphatic rings. The van der Waals surface area contributed by atoms with Crippen LogP contribution in [0, 0.1) is 72.0 Å². The van der Waals surface area contributed by atoms with Crippen LogP contribution in [0.3, 0.4) is 0 Å². The van der Waals surface area contributed by atoms with E-state index >= 15 is 0 Å². The number of H-pyrrole nitrogens is 2. The van der Waals surface area contributed by atoms with Gasteiger partial charge < -0.3 is 50.2 Å². The van der Waals surface area contributed by atoms with Crippen LogP contribution in [0.4, 0.5) is 0 Å². The summed E-state index contributed by atoms with van der Waals surface area (Å²) >= 11 is 9.14. The quantitative estimate of drug-likeness (QED) is 0.0610. The summed E-state index contributed by atoms with van der Waals surface area (Å²) in [6.07, 6.45) is 34.6. The number of allylic oxidation sites excluding steroid dienone is 9. The molecule has 1 heterocycles. The minimum absolute atomic E-state index is 0. The third-order valence-corrected chi connectivity index (χ3v) is 12.0. The average molecular weight is 1410 g/mol. The number of aliphatic hydroxyl groups is 2. The van der Waals surface area contributed by atoms with Gasteiger partial charge in [-0.1, -0.05) is 127 Å². The van der Waals surface area contributed by atoms with Crippen molar-refractivity contribution in [3.63, 3.8) is 0 Å². The van der Waals surface area contributed by atoms with E-state index in [4.69, 9.17) is 38.9 Å². The molecular weight excluding hydrogens is 1320 g/mol. The van der Waals surface area contributed by atoms with Crippen LogP contribution in [0.15, 0.2) is 87.3 Å². The monoisotopic (exact) mass is 1400 g/mol. The Morgan fingerprint density at radius 1 is 0.817 bits per heavy atom. The Balaban J connectivity index is -0.000000138. The molecule has 396 valence electrons. The Kier molecular flexibility index (Phi) is 61.4. The van der Waals surface area contributed by atoms with Crippen molar-refractivity contribution in [2.45, 2.75) is 184 Å². The molecule has 4 atom stereocenters. The number of aliphatic hydroxyl groups excluding tert-OH is 2. The van der Waals surface area contributed by atoms with Crippen molar-refractivity contribution in [2.24, 2.45) is 29.6 Å². The van der Waals surface area contributed by atoms with Gasteiger partial charge in [0, 0.05) is 37.6 Å². The van der Waals surface area contributed by atoms with Gasteiger partial charge in [0.1, 0.15) is 6.10 Å². The van der Waals surface area contributed by atoms with Gasteiger partial charge in [0.25, 0.3) is 0 Å². The minimum Gasteiger partial charge on any atom is -1.00 e. The molecule has 7 rings (SSSR count). The van der Waals surface area contributed by atoms with Gasteiger partial charge in [-0.2, -0.15) is 5.92 Å². The number of nitrogens with one attached hydrogen (secondary N) is 2. The number of carbonyl (C=O) groups excluding carboxylic acids is 2. The number of carbonyl (C=O) groups is 2. The maximum Gasteiger partial charge on any atom is 2.00 e. The Bertz CT molecular complexity index is 1810. The number of ether oxygens (including phenoxy) is 1. The van der Waals surface area contributed by atoms with Gasteiger partial charge in [-0.3, -0.25) is 9.59 Å². The second-order valence-electron chi connectivity index (χ2n) is 18.6. The largest absolute Gasteiger partial charge is 2.00 e. The van der Waals surface area contributed by atoms with Crippen LogP contribution in [0.25, 0.3) is 0 Å². The van der Waals surface area contributed by atoms with Crippen molar-refractivity contribution < 1.29 is 103 Å². The second-order valence-corrected chi connectivity index (χ2v) is 34.6. The number of rotatable bonds is 10. The van der Waals surface area contributed by atoms with E-state index in [0.29, 0.717) is 24.4 Å². The molecule has 0 spiro atoms. The first-order valence-electron chi connectivity index (χ1n) is 23.6. The normalized spacial score (nSPS) is 19.6. The zero-order valence-electron chi connectivity index (χ0n) is 44.6. The first-order valence-corrected chi connectivity index (χ1v) is 37.4. The van der Waals surface area contributed by atoms with Crippen LogP contribution in [0.2, 0.25) is 0 Å². The zero-order valence-corrected chi connectivity index (χ0v) is 58.0. The zero-order chi connectivity index (χ0) is 50.2. The number of aromatic nitrogens is 2. The molecule has 1 aromatic rings. The number of Topliss-reactive ketones (excluding diaryl/α,β-unsaturated/α-hetero) is 1. The second kappa shape index (κ2) is 51.6. The number of ketones is 2. The predicted molar refractivity (Wildman–Crippen MR) is 309 cm³/mol. The Morgan fingerprint density at radius 3 is 1.63 bits per heavy atom. The van der Waals surface area contributed by atoms with E-state index in [0.717, 1.165) is 95.7 Å². The molecule has 0 saturated carbocycles. The van der Waals surface area contributed by atoms with Gasteiger partial charge in [-0.15, -0.1) is 0 Å². The van der Waals surface area contributed by atoms with Gasteiger partial charge in [-0.05, 0) is 159 Å². The topological polar surface area (TPSA) is 115 Å². The summed E-state index contributed by atoms with van der Waals surface area (Å²) < 4.78 is 7.86. The van der Waals surface area contributed by atoms with Gasteiger partial charge in [-0.25, -0.2) is 0 Å². The average Bonchev–Trinajstić information content (AvgIpc) is 4.10. The van der Waals surface area contributed by atoms with Crippen molar-refractivity contribution in [3.05, 3.63) is 105 Å². The van der Waals surface area contributed by atoms with Crippen molar-refractivity contribution in [2.75, 3.05) is 0 Å². The van der Waals surface area contributed by atoms with E-state index in [1.807, 2.05) is 24.4 Å². The van der Waals surface area contributed by atoms with Crippen LogP contribution < -0.4 is 46.5 Å². The Labute approximate surface area is 527 Å². The Morgan fingerprint density at radius 2 is 1.30 bits per heavy atom. The predicted octanol–water partition coefficient (Wildman–Crippen LogP) is 10.9. The van der Waals surface area contributed by atoms with E-state index < -0.39 is 30.7 Å². The summed E-state index contributed by atoms with van der Waals surface area (Å²) in [6.45, 7) is 24.8. The van der Waals surface area contributed by atoms with Crippen LogP contribution in [-0.4, -0.2) is 81.5 Å². The molecule has 71 heavy (non-hydrogen) atoms. The molecule has 3 radical (unpaired) electrons. The standard InChI is InChI=1S/C13H20N2S.C11H18O.C9H16O.C5H7BrO.C5H5BrO.C5H6O.C4H9.CH4.B.BrH.Ce.3ClH.Mg.Na.H/c1-9(2)6-10-4-3-5-11(10)7-12-8-14-13(16)15-12;1-4-12-11-7-5-6-10(11)8-9(2)3;1-7(2)6-8-4-3-5-9(8)10;2*6-4-2-1-3-5(4)7;6-5-3-1-2-4-5;1-4(2)3;;;;;;;;;;/h4,8-9,11H,3,5-7H2,1-2H3,(H2,14,15,16);4,6,9,11H,1,5,7-8H2,2-3H3;4,7,9-10H,3,5-6H2,1-2H3;2,5,7H,1,3H2;2H,1,3H2;1,3H,2,4H2;4H,1H2,2-3H3;1H4;;1H;;3*1H;;;/q;;;;;;-1;;;;+3;;;;+2;+1;-1/p-4. The van der Waals surface area contributed by atoms with E-state index in [1.165, 1.54) is 48.9 Å². The fourth-order valence-corrected chi connectivity index (χ4v) is 8.47. The number of halogens is 6. The van der Waals surface area contributed by atoms with Gasteiger partial charge in [0.05, 0.1) is 23.0 Å². The fraction of sp³-hybridized carbons (Fsp3) is 0.623. The van der Waals surface area contributed by atoms with Gasteiger partial charge in [0.15, 0.2) is 16.3 Å². The third kappa shape index (κ3) is 46.8.